The van der Waals surface area contributed by atoms with Gasteiger partial charge in [-0.3, -0.25) is 0 Å². The third-order valence-corrected chi connectivity index (χ3v) is 4.47. The molecule has 0 radical (unpaired) electrons. The lowest BCUT2D eigenvalue weighted by Crippen LogP contribution is -2.14. The van der Waals surface area contributed by atoms with Gasteiger partial charge < -0.3 is 9.64 Å². The maximum atomic E-state index is 8.84. The van der Waals surface area contributed by atoms with Crippen molar-refractivity contribution >= 4 is 22.7 Å². The molecule has 0 saturated carbocycles. The van der Waals surface area contributed by atoms with Gasteiger partial charge in [0.2, 0.25) is 0 Å². The molecule has 0 atom stereocenters. The number of thioether (sulfide) groups is 1. The van der Waals surface area contributed by atoms with Crippen LogP contribution in [0.15, 0.2) is 48.5 Å². The molecule has 1 aliphatic heterocycles. The number of rotatable bonds is 4. The normalized spacial score (nSPS) is 12.1. The highest BCUT2D eigenvalue weighted by atomic mass is 32.2. The molecule has 0 aromatic heterocycles. The van der Waals surface area contributed by atoms with Crippen molar-refractivity contribution < 1.29 is 4.74 Å². The van der Waals surface area contributed by atoms with Crippen LogP contribution in [-0.4, -0.2) is 24.2 Å². The lowest BCUT2D eigenvalue weighted by molar-refractivity contribution is 0.481. The Morgan fingerprint density at radius 1 is 1.09 bits per heavy atom. The molecule has 0 N–H and O–H groups in total. The number of nitrogens with zero attached hydrogens (tertiary/aromatic N) is 2. The number of nitriles is 1. The van der Waals surface area contributed by atoms with Crippen LogP contribution in [0.25, 0.3) is 11.0 Å². The minimum Gasteiger partial charge on any atom is -0.456 e. The van der Waals surface area contributed by atoms with E-state index in [-0.39, 0.29) is 0 Å². The van der Waals surface area contributed by atoms with Gasteiger partial charge in [0, 0.05) is 35.4 Å². The van der Waals surface area contributed by atoms with Gasteiger partial charge in [-0.25, -0.2) is 0 Å². The average Bonchev–Trinajstić information content (AvgIpc) is 2.71. The van der Waals surface area contributed by atoms with Gasteiger partial charge in [-0.1, -0.05) is 36.4 Å². The Bertz CT molecular complexity index is 749. The molecule has 0 bridgehead atoms. The van der Waals surface area contributed by atoms with Gasteiger partial charge in [0.25, 0.3) is 0 Å². The lowest BCUT2D eigenvalue weighted by atomic mass is 10.1. The van der Waals surface area contributed by atoms with Gasteiger partial charge in [-0.2, -0.15) is 5.26 Å². The van der Waals surface area contributed by atoms with E-state index in [2.05, 4.69) is 24.4 Å². The number of hydrogen-bond donors (Lipinski definition) is 0. The van der Waals surface area contributed by atoms with Crippen LogP contribution in [0.3, 0.4) is 0 Å². The molecule has 2 aromatic rings. The third-order valence-electron chi connectivity index (χ3n) is 3.43. The van der Waals surface area contributed by atoms with E-state index in [0.29, 0.717) is 0 Å². The maximum absolute atomic E-state index is 8.84. The van der Waals surface area contributed by atoms with Gasteiger partial charge in [0.1, 0.15) is 11.5 Å². The summed E-state index contributed by atoms with van der Waals surface area (Å²) >= 11 is 1.75. The highest BCUT2D eigenvalue weighted by Crippen LogP contribution is 2.42. The minimum absolute atomic E-state index is 0.725. The summed E-state index contributed by atoms with van der Waals surface area (Å²) in [6.07, 6.45) is 4.29. The van der Waals surface area contributed by atoms with Crippen molar-refractivity contribution in [2.45, 2.75) is 0 Å². The lowest BCUT2D eigenvalue weighted by Gasteiger charge is -2.12. The maximum Gasteiger partial charge on any atom is 0.179 e. The summed E-state index contributed by atoms with van der Waals surface area (Å²) in [5.41, 5.74) is 2.18. The van der Waals surface area contributed by atoms with E-state index < -0.39 is 0 Å². The minimum atomic E-state index is 0.725. The van der Waals surface area contributed by atoms with Crippen LogP contribution >= 0.6 is 11.8 Å². The van der Waals surface area contributed by atoms with E-state index in [1.165, 1.54) is 4.91 Å². The monoisotopic (exact) mass is 308 g/mol. The van der Waals surface area contributed by atoms with Crippen LogP contribution in [0.2, 0.25) is 0 Å². The van der Waals surface area contributed by atoms with Crippen molar-refractivity contribution in [3.8, 4) is 17.7 Å². The van der Waals surface area contributed by atoms with Crippen molar-refractivity contribution in [3.63, 3.8) is 0 Å². The van der Waals surface area contributed by atoms with Crippen LogP contribution in [0, 0.1) is 11.5 Å². The van der Waals surface area contributed by atoms with E-state index >= 15 is 0 Å². The number of fused-ring (bicyclic) bond motifs is 2. The Morgan fingerprint density at radius 2 is 1.82 bits per heavy atom. The highest BCUT2D eigenvalue weighted by Gasteiger charge is 2.16. The first-order valence-electron chi connectivity index (χ1n) is 7.09. The molecule has 110 valence electrons. The van der Waals surface area contributed by atoms with Gasteiger partial charge in [0.05, 0.1) is 0 Å². The predicted molar refractivity (Wildman–Crippen MR) is 91.5 cm³/mol. The first-order valence-corrected chi connectivity index (χ1v) is 8.08. The predicted octanol–water partition coefficient (Wildman–Crippen LogP) is 4.44. The summed E-state index contributed by atoms with van der Waals surface area (Å²) in [6, 6.07) is 16.1. The van der Waals surface area contributed by atoms with Crippen molar-refractivity contribution in [2.75, 3.05) is 19.3 Å². The second kappa shape index (κ2) is 6.59. The molecule has 1 aliphatic rings. The van der Waals surface area contributed by atoms with E-state index in [4.69, 9.17) is 10.00 Å². The number of benzene rings is 2. The van der Waals surface area contributed by atoms with E-state index in [1.807, 2.05) is 36.4 Å². The van der Waals surface area contributed by atoms with Gasteiger partial charge in [0.15, 0.2) is 6.19 Å². The van der Waals surface area contributed by atoms with Gasteiger partial charge >= 0.3 is 0 Å². The summed E-state index contributed by atoms with van der Waals surface area (Å²) in [4.78, 5) is 2.81. The van der Waals surface area contributed by atoms with Crippen molar-refractivity contribution in [2.24, 2.45) is 0 Å². The summed E-state index contributed by atoms with van der Waals surface area (Å²) in [7, 11) is 1.80. The van der Waals surface area contributed by atoms with Crippen LogP contribution in [0.1, 0.15) is 11.1 Å². The van der Waals surface area contributed by atoms with Gasteiger partial charge in [-0.05, 0) is 18.2 Å². The molecular weight excluding hydrogens is 292 g/mol. The van der Waals surface area contributed by atoms with E-state index in [1.54, 1.807) is 23.7 Å². The molecule has 0 aliphatic carbocycles. The summed E-state index contributed by atoms with van der Waals surface area (Å²) in [5, 5.41) is 8.84. The summed E-state index contributed by atoms with van der Waals surface area (Å²) in [5.74, 6) is 2.60. The highest BCUT2D eigenvalue weighted by molar-refractivity contribution is 8.08. The molecule has 0 saturated heterocycles. The average molecular weight is 308 g/mol. The zero-order valence-electron chi connectivity index (χ0n) is 12.3. The Morgan fingerprint density at radius 3 is 2.64 bits per heavy atom. The molecule has 22 heavy (non-hydrogen) atoms. The molecule has 2 aromatic carbocycles. The molecule has 0 unspecified atom stereocenters. The van der Waals surface area contributed by atoms with Crippen LogP contribution in [0.5, 0.6) is 11.5 Å². The molecule has 0 spiro atoms. The van der Waals surface area contributed by atoms with Crippen molar-refractivity contribution in [3.05, 3.63) is 59.7 Å². The Kier molecular flexibility index (Phi) is 4.36. The number of para-hydroxylation sites is 2. The molecule has 0 fully saturated rings. The molecule has 3 nitrogen and oxygen atoms in total. The fourth-order valence-corrected chi connectivity index (χ4v) is 3.37. The zero-order chi connectivity index (χ0) is 15.4. The second-order valence-corrected chi connectivity index (χ2v) is 6.15. The standard InChI is InChI=1S/C18H16N2OS/c1-20(13-19)10-11-22-18-12-14-6-2-4-8-16(14)21-17-9-5-3-7-15(17)18/h2-9,12H,10-11H2,1H3. The molecule has 0 amide bonds. The Labute approximate surface area is 134 Å². The fraction of sp³-hybridized carbons (Fsp3) is 0.167. The first-order chi connectivity index (χ1) is 10.8. The number of ether oxygens (including phenoxy) is 1. The molecular formula is C18H16N2OS. The topological polar surface area (TPSA) is 36.3 Å². The van der Waals surface area contributed by atoms with Crippen molar-refractivity contribution in [1.29, 1.82) is 5.26 Å². The Hall–Kier alpha value is -2.38. The quantitative estimate of drug-likeness (QED) is 0.618. The third kappa shape index (κ3) is 3.10. The molecule has 3 rings (SSSR count). The zero-order valence-corrected chi connectivity index (χ0v) is 13.1. The summed E-state index contributed by atoms with van der Waals surface area (Å²) < 4.78 is 6.05. The SMILES string of the molecule is CN(C#N)CCSC1=Cc2ccccc2Oc2ccccc21. The first kappa shape index (κ1) is 14.6. The van der Waals surface area contributed by atoms with Crippen LogP contribution < -0.4 is 4.74 Å². The van der Waals surface area contributed by atoms with E-state index in [9.17, 15) is 0 Å². The Balaban J connectivity index is 1.92. The second-order valence-electron chi connectivity index (χ2n) is 5.01. The van der Waals surface area contributed by atoms with E-state index in [0.717, 1.165) is 34.9 Å². The van der Waals surface area contributed by atoms with Gasteiger partial charge in [-0.15, -0.1) is 11.8 Å². The molecule has 1 heterocycles. The van der Waals surface area contributed by atoms with Crippen molar-refractivity contribution in [1.82, 2.24) is 4.90 Å². The van der Waals surface area contributed by atoms with Crippen LogP contribution in [0.4, 0.5) is 0 Å². The fourth-order valence-electron chi connectivity index (χ4n) is 2.25. The molecule has 4 heteroatoms. The summed E-state index contributed by atoms with van der Waals surface area (Å²) in [6.45, 7) is 0.725. The van der Waals surface area contributed by atoms with Crippen LogP contribution in [-0.2, 0) is 0 Å². The largest absolute Gasteiger partial charge is 0.456 e. The smallest absolute Gasteiger partial charge is 0.179 e. The number of hydrogen-bond acceptors (Lipinski definition) is 4.